The van der Waals surface area contributed by atoms with Gasteiger partial charge in [-0.15, -0.1) is 0 Å². The highest BCUT2D eigenvalue weighted by Crippen LogP contribution is 2.23. The average Bonchev–Trinajstić information content (AvgIpc) is 3.12. The second-order valence-electron chi connectivity index (χ2n) is 6.21. The molecule has 0 saturated carbocycles. The molecule has 0 aliphatic carbocycles. The molecule has 1 fully saturated rings. The van der Waals surface area contributed by atoms with Crippen LogP contribution in [0, 0.1) is 0 Å². The van der Waals surface area contributed by atoms with Gasteiger partial charge in [0.15, 0.2) is 5.65 Å². The molecule has 1 atom stereocenters. The van der Waals surface area contributed by atoms with Crippen molar-refractivity contribution in [1.82, 2.24) is 14.3 Å². The van der Waals surface area contributed by atoms with Crippen LogP contribution < -0.4 is 0 Å². The number of carbonyl (C=O) groups excluding carboxylic acids is 1. The molecule has 1 aliphatic heterocycles. The molecule has 0 amide bonds. The third-order valence-corrected chi connectivity index (χ3v) is 4.47. The zero-order valence-corrected chi connectivity index (χ0v) is 13.5. The third kappa shape index (κ3) is 2.73. The number of ether oxygens (including phenoxy) is 1. The van der Waals surface area contributed by atoms with Crippen LogP contribution in [0.3, 0.4) is 0 Å². The summed E-state index contributed by atoms with van der Waals surface area (Å²) in [6.07, 6.45) is 7.35. The maximum atomic E-state index is 11.8. The quantitative estimate of drug-likeness (QED) is 0.814. The fourth-order valence-electron chi connectivity index (χ4n) is 3.43. The van der Waals surface area contributed by atoms with Gasteiger partial charge in [-0.2, -0.15) is 0 Å². The molecule has 1 aliphatic rings. The van der Waals surface area contributed by atoms with Gasteiger partial charge >= 0.3 is 5.97 Å². The highest BCUT2D eigenvalue weighted by atomic mass is 16.5. The number of carbonyl (C=O) groups is 1. The van der Waals surface area contributed by atoms with Crippen molar-refractivity contribution in [1.29, 1.82) is 0 Å². The minimum atomic E-state index is -0.340. The summed E-state index contributed by atoms with van der Waals surface area (Å²) in [6, 6.07) is 4.72. The molecule has 0 radical (unpaired) electrons. The van der Waals surface area contributed by atoms with Gasteiger partial charge in [0, 0.05) is 30.9 Å². The van der Waals surface area contributed by atoms with Gasteiger partial charge in [-0.25, -0.2) is 9.78 Å². The molecule has 1 unspecified atom stereocenters. The van der Waals surface area contributed by atoms with Crippen molar-refractivity contribution in [3.63, 3.8) is 0 Å². The number of hydrogen-bond donors (Lipinski definition) is 0. The van der Waals surface area contributed by atoms with Gasteiger partial charge in [0.2, 0.25) is 0 Å². The van der Waals surface area contributed by atoms with E-state index < -0.39 is 0 Å². The van der Waals surface area contributed by atoms with Crippen molar-refractivity contribution < 1.29 is 9.53 Å². The molecule has 5 nitrogen and oxygen atoms in total. The monoisotopic (exact) mass is 301 g/mol. The molecule has 3 heterocycles. The lowest BCUT2D eigenvalue weighted by Crippen LogP contribution is -2.36. The maximum Gasteiger partial charge on any atom is 0.341 e. The fourth-order valence-corrected chi connectivity index (χ4v) is 3.43. The van der Waals surface area contributed by atoms with Crippen LogP contribution in [-0.2, 0) is 11.2 Å². The summed E-state index contributed by atoms with van der Waals surface area (Å²) in [5.74, 6) is -0.340. The zero-order chi connectivity index (χ0) is 15.7. The minimum absolute atomic E-state index is 0.340. The number of likely N-dealkylation sites (tertiary alicyclic amines) is 1. The Hall–Kier alpha value is -1.88. The molecular weight excluding hydrogens is 278 g/mol. The Morgan fingerprint density at radius 1 is 1.50 bits per heavy atom. The van der Waals surface area contributed by atoms with Crippen LogP contribution in [0.4, 0.5) is 0 Å². The highest BCUT2D eigenvalue weighted by molar-refractivity contribution is 5.95. The first-order valence-corrected chi connectivity index (χ1v) is 7.91. The summed E-state index contributed by atoms with van der Waals surface area (Å²) in [5.41, 5.74) is 2.23. The maximum absolute atomic E-state index is 11.8. The van der Waals surface area contributed by atoms with Crippen molar-refractivity contribution in [2.24, 2.45) is 0 Å². The molecule has 0 bridgehead atoms. The van der Waals surface area contributed by atoms with Crippen LogP contribution in [0.15, 0.2) is 24.5 Å². The van der Waals surface area contributed by atoms with E-state index in [0.29, 0.717) is 23.3 Å². The van der Waals surface area contributed by atoms with Crippen molar-refractivity contribution in [3.05, 3.63) is 35.8 Å². The SMILES string of the molecule is COC(=O)c1cccn2cc(CC3CCCN3C(C)C)nc12. The van der Waals surface area contributed by atoms with Crippen LogP contribution in [-0.4, -0.2) is 46.0 Å². The van der Waals surface area contributed by atoms with Gasteiger partial charge in [-0.05, 0) is 45.4 Å². The smallest absolute Gasteiger partial charge is 0.341 e. The van der Waals surface area contributed by atoms with E-state index in [1.807, 2.05) is 22.9 Å². The lowest BCUT2D eigenvalue weighted by molar-refractivity contribution is 0.0602. The Morgan fingerprint density at radius 2 is 2.32 bits per heavy atom. The molecule has 5 heteroatoms. The van der Waals surface area contributed by atoms with Crippen molar-refractivity contribution in [2.75, 3.05) is 13.7 Å². The molecule has 118 valence electrons. The number of nitrogens with zero attached hydrogens (tertiary/aromatic N) is 3. The van der Waals surface area contributed by atoms with Crippen molar-refractivity contribution in [3.8, 4) is 0 Å². The molecule has 0 aromatic carbocycles. The summed E-state index contributed by atoms with van der Waals surface area (Å²) in [7, 11) is 1.40. The lowest BCUT2D eigenvalue weighted by Gasteiger charge is -2.27. The normalized spacial score (nSPS) is 19.2. The van der Waals surface area contributed by atoms with E-state index >= 15 is 0 Å². The molecule has 2 aromatic rings. The first-order valence-electron chi connectivity index (χ1n) is 7.91. The summed E-state index contributed by atoms with van der Waals surface area (Å²) in [6.45, 7) is 5.66. The number of imidazole rings is 1. The van der Waals surface area contributed by atoms with E-state index in [1.165, 1.54) is 26.5 Å². The number of esters is 1. The topological polar surface area (TPSA) is 46.8 Å². The number of aromatic nitrogens is 2. The van der Waals surface area contributed by atoms with Crippen LogP contribution in [0.5, 0.6) is 0 Å². The number of methoxy groups -OCH3 is 1. The predicted molar refractivity (Wildman–Crippen MR) is 85.1 cm³/mol. The molecular formula is C17H23N3O2. The van der Waals surface area contributed by atoms with Gasteiger partial charge < -0.3 is 9.14 Å². The molecule has 0 N–H and O–H groups in total. The Balaban J connectivity index is 1.88. The second-order valence-corrected chi connectivity index (χ2v) is 6.21. The Labute approximate surface area is 130 Å². The van der Waals surface area contributed by atoms with E-state index in [9.17, 15) is 4.79 Å². The number of rotatable bonds is 4. The molecule has 22 heavy (non-hydrogen) atoms. The third-order valence-electron chi connectivity index (χ3n) is 4.47. The first-order chi connectivity index (χ1) is 10.6. The summed E-state index contributed by atoms with van der Waals surface area (Å²) < 4.78 is 6.75. The van der Waals surface area contributed by atoms with Crippen LogP contribution >= 0.6 is 0 Å². The largest absolute Gasteiger partial charge is 0.465 e. The average molecular weight is 301 g/mol. The summed E-state index contributed by atoms with van der Waals surface area (Å²) in [4.78, 5) is 19.1. The Kier molecular flexibility index (Phi) is 4.16. The van der Waals surface area contributed by atoms with Gasteiger partial charge in [0.25, 0.3) is 0 Å². The van der Waals surface area contributed by atoms with Crippen molar-refractivity contribution in [2.45, 2.75) is 45.2 Å². The molecule has 1 saturated heterocycles. The van der Waals surface area contributed by atoms with E-state index in [-0.39, 0.29) is 5.97 Å². The fraction of sp³-hybridized carbons (Fsp3) is 0.529. The van der Waals surface area contributed by atoms with Gasteiger partial charge in [0.05, 0.1) is 12.8 Å². The lowest BCUT2D eigenvalue weighted by atomic mass is 10.1. The number of fused-ring (bicyclic) bond motifs is 1. The van der Waals surface area contributed by atoms with Gasteiger partial charge in [-0.3, -0.25) is 4.90 Å². The molecule has 0 spiro atoms. The van der Waals surface area contributed by atoms with Gasteiger partial charge in [-0.1, -0.05) is 0 Å². The molecule has 3 rings (SSSR count). The van der Waals surface area contributed by atoms with E-state index in [2.05, 4.69) is 23.7 Å². The first kappa shape index (κ1) is 15.0. The summed E-state index contributed by atoms with van der Waals surface area (Å²) in [5, 5.41) is 0. The van der Waals surface area contributed by atoms with E-state index in [1.54, 1.807) is 6.07 Å². The zero-order valence-electron chi connectivity index (χ0n) is 13.5. The Bertz CT molecular complexity index is 678. The number of hydrogen-bond acceptors (Lipinski definition) is 4. The van der Waals surface area contributed by atoms with Crippen LogP contribution in [0.2, 0.25) is 0 Å². The number of pyridine rings is 1. The standard InChI is InChI=1S/C17H23N3O2/c1-12(2)20-9-4-6-14(20)10-13-11-19-8-5-7-15(16(19)18-13)17(21)22-3/h5,7-8,11-12,14H,4,6,9-10H2,1-3H3. The van der Waals surface area contributed by atoms with Crippen LogP contribution in [0.1, 0.15) is 42.7 Å². The van der Waals surface area contributed by atoms with E-state index in [0.717, 1.165) is 12.1 Å². The molecule has 2 aromatic heterocycles. The van der Waals surface area contributed by atoms with Gasteiger partial charge in [0.1, 0.15) is 5.56 Å². The van der Waals surface area contributed by atoms with Crippen molar-refractivity contribution >= 4 is 11.6 Å². The summed E-state index contributed by atoms with van der Waals surface area (Å²) >= 11 is 0. The highest BCUT2D eigenvalue weighted by Gasteiger charge is 2.27. The van der Waals surface area contributed by atoms with Crippen LogP contribution in [0.25, 0.3) is 5.65 Å². The Morgan fingerprint density at radius 3 is 3.05 bits per heavy atom. The minimum Gasteiger partial charge on any atom is -0.465 e. The second kappa shape index (κ2) is 6.08. The predicted octanol–water partition coefficient (Wildman–Crippen LogP) is 2.54. The van der Waals surface area contributed by atoms with E-state index in [4.69, 9.17) is 4.74 Å².